The molecular formula is C20H41NY. The van der Waals surface area contributed by atoms with Gasteiger partial charge in [0.05, 0.1) is 0 Å². The number of piperidine rings is 1. The van der Waals surface area contributed by atoms with Crippen LogP contribution in [0.5, 0.6) is 0 Å². The summed E-state index contributed by atoms with van der Waals surface area (Å²) in [6.07, 6.45) is 4.28. The van der Waals surface area contributed by atoms with Crippen LogP contribution in [0.3, 0.4) is 0 Å². The predicted molar refractivity (Wildman–Crippen MR) is 101 cm³/mol. The molecule has 22 heavy (non-hydrogen) atoms. The van der Waals surface area contributed by atoms with Gasteiger partial charge in [0.1, 0.15) is 0 Å². The molecule has 1 aliphatic heterocycles. The molecule has 1 aliphatic rings. The molecule has 1 nitrogen and oxygen atoms in total. The molecule has 129 valence electrons. The molecule has 2 rings (SSSR count). The first-order valence-electron chi connectivity index (χ1n) is 7.40. The van der Waals surface area contributed by atoms with Gasteiger partial charge in [-0.2, -0.15) is 0 Å². The monoisotopic (exact) mass is 384 g/mol. The van der Waals surface area contributed by atoms with Gasteiger partial charge in [-0.05, 0) is 51.3 Å². The molecule has 1 saturated heterocycles. The van der Waals surface area contributed by atoms with Gasteiger partial charge in [0.25, 0.3) is 0 Å². The van der Waals surface area contributed by atoms with Crippen LogP contribution in [-0.4, -0.2) is 24.0 Å². The average molecular weight is 384 g/mol. The maximum Gasteiger partial charge on any atom is 0.00385 e. The summed E-state index contributed by atoms with van der Waals surface area (Å²) < 4.78 is 0. The van der Waals surface area contributed by atoms with Crippen molar-refractivity contribution in [2.24, 2.45) is 0 Å². The van der Waals surface area contributed by atoms with Crippen molar-refractivity contribution in [3.63, 3.8) is 0 Å². The van der Waals surface area contributed by atoms with Gasteiger partial charge in [0.15, 0.2) is 0 Å². The summed E-state index contributed by atoms with van der Waals surface area (Å²) >= 11 is 0. The molecule has 0 aromatic heterocycles. The Labute approximate surface area is 167 Å². The van der Waals surface area contributed by atoms with E-state index in [1.165, 1.54) is 37.9 Å². The summed E-state index contributed by atoms with van der Waals surface area (Å²) in [5.41, 5.74) is 1.41. The number of nitrogens with zero attached hydrogens (tertiary/aromatic N) is 1. The summed E-state index contributed by atoms with van der Waals surface area (Å²) in [7, 11) is 0. The first-order valence-corrected chi connectivity index (χ1v) is 7.40. The fraction of sp³-hybridized carbons (Fsp3) is 0.700. The Morgan fingerprint density at radius 2 is 1.23 bits per heavy atom. The third kappa shape index (κ3) is 12.8. The van der Waals surface area contributed by atoms with Crippen molar-refractivity contribution >= 4 is 0 Å². The zero-order valence-electron chi connectivity index (χ0n) is 13.1. The molecule has 0 N–H and O–H groups in total. The van der Waals surface area contributed by atoms with E-state index in [4.69, 9.17) is 0 Å². The topological polar surface area (TPSA) is 3.24 Å². The molecule has 0 amide bonds. The van der Waals surface area contributed by atoms with Gasteiger partial charge in [-0.1, -0.05) is 72.9 Å². The molecule has 1 fully saturated rings. The van der Waals surface area contributed by atoms with Crippen LogP contribution in [-0.2, 0) is 32.7 Å². The van der Waals surface area contributed by atoms with Crippen LogP contribution in [0.15, 0.2) is 30.3 Å². The summed E-state index contributed by atoms with van der Waals surface area (Å²) in [6.45, 7) is 11.6. The van der Waals surface area contributed by atoms with Crippen molar-refractivity contribution in [1.82, 2.24) is 4.90 Å². The molecule has 0 spiro atoms. The Morgan fingerprint density at radius 3 is 1.50 bits per heavy atom. The van der Waals surface area contributed by atoms with Gasteiger partial charge >= 0.3 is 0 Å². The third-order valence-electron chi connectivity index (χ3n) is 3.59. The number of rotatable bonds is 2. The summed E-state index contributed by atoms with van der Waals surface area (Å²) in [4.78, 5) is 2.56. The van der Waals surface area contributed by atoms with E-state index in [2.05, 4.69) is 56.9 Å². The fourth-order valence-corrected chi connectivity index (χ4v) is 2.27. The summed E-state index contributed by atoms with van der Waals surface area (Å²) in [6, 6.07) is 11.3. The second kappa shape index (κ2) is 17.6. The first kappa shape index (κ1) is 30.2. The minimum atomic E-state index is 0. The Kier molecular flexibility index (Phi) is 24.2. The maximum atomic E-state index is 2.56. The number of hydrogen-bond donors (Lipinski definition) is 0. The van der Waals surface area contributed by atoms with E-state index in [1.807, 2.05) is 6.07 Å². The summed E-state index contributed by atoms with van der Waals surface area (Å²) in [5.74, 6) is 0.659. The number of likely N-dealkylation sites (tertiary alicyclic amines) is 1. The zero-order chi connectivity index (χ0) is 13.4. The smallest absolute Gasteiger partial charge is 0.00385 e. The van der Waals surface area contributed by atoms with E-state index in [0.717, 1.165) is 6.04 Å². The zero-order valence-corrected chi connectivity index (χ0v) is 15.9. The standard InChI is InChI=1S/C9H12.C8H17N.3CH4.Y/c2*1-8(2)9-6-4-3-5-7-9;;;;/h3-8H,1-2H3;8H,3-7H2,1-2H3;3*1H4;. The molecule has 1 aromatic rings. The van der Waals surface area contributed by atoms with Crippen LogP contribution in [0.4, 0.5) is 0 Å². The van der Waals surface area contributed by atoms with Crippen LogP contribution < -0.4 is 0 Å². The van der Waals surface area contributed by atoms with E-state index in [9.17, 15) is 0 Å². The predicted octanol–water partition coefficient (Wildman–Crippen LogP) is 6.60. The maximum absolute atomic E-state index is 2.56. The van der Waals surface area contributed by atoms with Crippen LogP contribution in [0.1, 0.15) is 80.7 Å². The van der Waals surface area contributed by atoms with E-state index in [1.54, 1.807) is 0 Å². The molecule has 1 radical (unpaired) electrons. The van der Waals surface area contributed by atoms with Gasteiger partial charge in [0, 0.05) is 38.8 Å². The van der Waals surface area contributed by atoms with Gasteiger partial charge in [-0.3, -0.25) is 0 Å². The van der Waals surface area contributed by atoms with Crippen molar-refractivity contribution in [3.05, 3.63) is 35.9 Å². The SMILES string of the molecule is C.C.C.CC(C)N1CCCCC1.CC(C)c1ccccc1.[Y]. The Hall–Kier alpha value is 0.284. The van der Waals surface area contributed by atoms with Crippen LogP contribution in [0, 0.1) is 0 Å². The molecule has 1 aromatic carbocycles. The van der Waals surface area contributed by atoms with Crippen molar-refractivity contribution in [2.45, 2.75) is 81.2 Å². The van der Waals surface area contributed by atoms with Crippen molar-refractivity contribution < 1.29 is 32.7 Å². The second-order valence-corrected chi connectivity index (χ2v) is 5.76. The molecule has 1 heterocycles. The van der Waals surface area contributed by atoms with Crippen LogP contribution in [0.25, 0.3) is 0 Å². The molecular weight excluding hydrogens is 343 g/mol. The second-order valence-electron chi connectivity index (χ2n) is 5.76. The van der Waals surface area contributed by atoms with E-state index < -0.39 is 0 Å². The minimum absolute atomic E-state index is 0. The van der Waals surface area contributed by atoms with Gasteiger partial charge in [-0.25, -0.2) is 0 Å². The quantitative estimate of drug-likeness (QED) is 0.555. The molecule has 2 heteroatoms. The number of benzene rings is 1. The van der Waals surface area contributed by atoms with E-state index in [-0.39, 0.29) is 55.0 Å². The van der Waals surface area contributed by atoms with Gasteiger partial charge in [0.2, 0.25) is 0 Å². The van der Waals surface area contributed by atoms with Crippen molar-refractivity contribution in [3.8, 4) is 0 Å². The first-order chi connectivity index (χ1) is 8.61. The van der Waals surface area contributed by atoms with E-state index >= 15 is 0 Å². The minimum Gasteiger partial charge on any atom is -0.301 e. The summed E-state index contributed by atoms with van der Waals surface area (Å²) in [5, 5.41) is 0. The van der Waals surface area contributed by atoms with Crippen molar-refractivity contribution in [1.29, 1.82) is 0 Å². The van der Waals surface area contributed by atoms with Crippen molar-refractivity contribution in [2.75, 3.05) is 13.1 Å². The van der Waals surface area contributed by atoms with Crippen LogP contribution in [0.2, 0.25) is 0 Å². The van der Waals surface area contributed by atoms with Crippen LogP contribution >= 0.6 is 0 Å². The molecule has 0 aliphatic carbocycles. The average Bonchev–Trinajstić information content (AvgIpc) is 2.41. The Morgan fingerprint density at radius 1 is 0.773 bits per heavy atom. The Bertz CT molecular complexity index is 303. The van der Waals surface area contributed by atoms with Gasteiger partial charge < -0.3 is 4.90 Å². The molecule has 0 atom stereocenters. The molecule has 0 saturated carbocycles. The largest absolute Gasteiger partial charge is 0.301 e. The molecule has 0 bridgehead atoms. The fourth-order valence-electron chi connectivity index (χ4n) is 2.27. The molecule has 0 unspecified atom stereocenters. The van der Waals surface area contributed by atoms with E-state index in [0.29, 0.717) is 5.92 Å². The Balaban J connectivity index is -0.000000125. The third-order valence-corrected chi connectivity index (χ3v) is 3.59. The number of hydrogen-bond acceptors (Lipinski definition) is 1. The van der Waals surface area contributed by atoms with Gasteiger partial charge in [-0.15, -0.1) is 0 Å². The normalized spacial score (nSPS) is 13.5.